The number of H-pyrrole nitrogens is 1. The molecule has 6 rings (SSSR count). The minimum atomic E-state index is -3.12. The second-order valence-electron chi connectivity index (χ2n) is 10.8. The first-order valence-corrected chi connectivity index (χ1v) is 15.1. The van der Waals surface area contributed by atoms with Gasteiger partial charge in [-0.2, -0.15) is 8.78 Å². The van der Waals surface area contributed by atoms with Gasteiger partial charge in [-0.05, 0) is 58.0 Å². The Morgan fingerprint density at radius 3 is 2.67 bits per heavy atom. The Hall–Kier alpha value is -4.02. The van der Waals surface area contributed by atoms with E-state index >= 15 is 4.39 Å². The Morgan fingerprint density at radius 1 is 1.13 bits per heavy atom. The lowest BCUT2D eigenvalue weighted by Gasteiger charge is -2.25. The van der Waals surface area contributed by atoms with Crippen molar-refractivity contribution in [3.05, 3.63) is 89.4 Å². The summed E-state index contributed by atoms with van der Waals surface area (Å²) < 4.78 is 44.5. The number of aliphatic hydroxyl groups excluding tert-OH is 1. The summed E-state index contributed by atoms with van der Waals surface area (Å²) >= 11 is 1.73. The average molecular weight is 733 g/mol. The fourth-order valence-electron chi connectivity index (χ4n) is 5.92. The molecule has 1 unspecified atom stereocenters. The third-order valence-electron chi connectivity index (χ3n) is 8.07. The molecule has 45 heavy (non-hydrogen) atoms. The summed E-state index contributed by atoms with van der Waals surface area (Å²) in [6.45, 7) is -4.43. The highest BCUT2D eigenvalue weighted by molar-refractivity contribution is 14.1. The van der Waals surface area contributed by atoms with Crippen LogP contribution in [-0.4, -0.2) is 76.1 Å². The van der Waals surface area contributed by atoms with E-state index < -0.39 is 59.3 Å². The number of halogens is 4. The van der Waals surface area contributed by atoms with Gasteiger partial charge in [-0.15, -0.1) is 0 Å². The molecule has 0 spiro atoms. The maximum Gasteiger partial charge on any atom is 0.345 e. The molecule has 3 amide bonds. The van der Waals surface area contributed by atoms with E-state index in [9.17, 15) is 28.3 Å². The molecule has 0 bridgehead atoms. The Kier molecular flexibility index (Phi) is 8.54. The minimum absolute atomic E-state index is 0.194. The number of carbonyl (C=O) groups is 3. The molecule has 2 aromatic heterocycles. The molecule has 234 valence electrons. The first kappa shape index (κ1) is 31.0. The van der Waals surface area contributed by atoms with Crippen LogP contribution >= 0.6 is 22.6 Å². The highest BCUT2D eigenvalue weighted by Gasteiger charge is 2.43. The number of hydrogen-bond donors (Lipinski definition) is 4. The van der Waals surface area contributed by atoms with Gasteiger partial charge >= 0.3 is 6.61 Å². The van der Waals surface area contributed by atoms with E-state index in [-0.39, 0.29) is 18.5 Å². The molecule has 14 heteroatoms. The van der Waals surface area contributed by atoms with E-state index in [1.54, 1.807) is 77.4 Å². The predicted molar refractivity (Wildman–Crippen MR) is 165 cm³/mol. The van der Waals surface area contributed by atoms with Gasteiger partial charge in [0.25, 0.3) is 5.91 Å². The van der Waals surface area contributed by atoms with Crippen molar-refractivity contribution in [3.63, 3.8) is 0 Å². The normalized spacial score (nSPS) is 21.1. The second kappa shape index (κ2) is 12.4. The summed E-state index contributed by atoms with van der Waals surface area (Å²) in [5.41, 5.74) is 3.54. The number of aliphatic hydroxyl groups is 1. The zero-order valence-electron chi connectivity index (χ0n) is 23.5. The first-order valence-electron chi connectivity index (χ1n) is 14.0. The number of hydrogen-bond acceptors (Lipinski definition) is 6. The molecule has 1 aliphatic heterocycles. The quantitative estimate of drug-likeness (QED) is 0.152. The van der Waals surface area contributed by atoms with Crippen LogP contribution in [0.1, 0.15) is 39.6 Å². The Morgan fingerprint density at radius 2 is 1.91 bits per heavy atom. The number of carbonyl (C=O) groups excluding carboxylic acids is 3. The van der Waals surface area contributed by atoms with E-state index in [4.69, 9.17) is 0 Å². The lowest BCUT2D eigenvalue weighted by atomic mass is 10.0. The Labute approximate surface area is 268 Å². The van der Waals surface area contributed by atoms with Gasteiger partial charge < -0.3 is 30.4 Å². The second-order valence-corrected chi connectivity index (χ2v) is 12.3. The molecule has 4 aromatic rings. The molecule has 1 saturated heterocycles. The van der Waals surface area contributed by atoms with Crippen LogP contribution in [-0.2, 0) is 18.0 Å². The number of nitrogens with zero attached hydrogens (tertiary/aromatic N) is 2. The van der Waals surface area contributed by atoms with Crippen LogP contribution in [0.25, 0.3) is 22.0 Å². The number of pyridine rings is 1. The Balaban J connectivity index is 1.15. The van der Waals surface area contributed by atoms with Crippen LogP contribution in [0, 0.1) is 0 Å². The highest BCUT2D eigenvalue weighted by atomic mass is 127. The summed E-state index contributed by atoms with van der Waals surface area (Å²) in [5, 5.41) is 16.0. The van der Waals surface area contributed by atoms with Gasteiger partial charge in [0.2, 0.25) is 15.5 Å². The summed E-state index contributed by atoms with van der Waals surface area (Å²) in [7, 11) is 0. The minimum Gasteiger partial charge on any atom is -0.394 e. The van der Waals surface area contributed by atoms with Crippen molar-refractivity contribution in [1.29, 1.82) is 0 Å². The number of aromatic amines is 1. The summed E-state index contributed by atoms with van der Waals surface area (Å²) in [6.07, 6.45) is 1.86. The number of aromatic nitrogens is 2. The molecule has 10 nitrogen and oxygen atoms in total. The molecule has 3 heterocycles. The van der Waals surface area contributed by atoms with Crippen molar-refractivity contribution in [3.8, 4) is 11.1 Å². The van der Waals surface area contributed by atoms with Gasteiger partial charge in [-0.25, -0.2) is 4.39 Å². The van der Waals surface area contributed by atoms with E-state index in [0.29, 0.717) is 27.9 Å². The van der Waals surface area contributed by atoms with Crippen LogP contribution in [0.2, 0.25) is 0 Å². The van der Waals surface area contributed by atoms with E-state index in [1.165, 1.54) is 12.1 Å². The monoisotopic (exact) mass is 733 g/mol. The Bertz CT molecular complexity index is 1750. The van der Waals surface area contributed by atoms with E-state index in [2.05, 4.69) is 25.3 Å². The molecule has 0 saturated carbocycles. The highest BCUT2D eigenvalue weighted by Crippen LogP contribution is 2.54. The molecule has 1 aliphatic carbocycles. The van der Waals surface area contributed by atoms with Crippen molar-refractivity contribution < 1.29 is 37.4 Å². The molecular weight excluding hydrogens is 706 g/mol. The van der Waals surface area contributed by atoms with Gasteiger partial charge in [0, 0.05) is 58.6 Å². The molecule has 4 N–H and O–H groups in total. The molecule has 4 atom stereocenters. The van der Waals surface area contributed by atoms with Crippen LogP contribution in [0.4, 0.5) is 13.2 Å². The molecular formula is C31H27F3IN5O5. The van der Waals surface area contributed by atoms with Crippen LogP contribution in [0.15, 0.2) is 67.0 Å². The third kappa shape index (κ3) is 6.01. The topological polar surface area (TPSA) is 137 Å². The molecule has 0 radical (unpaired) electrons. The number of benzene rings is 2. The summed E-state index contributed by atoms with van der Waals surface area (Å²) in [4.78, 5) is 47.9. The lowest BCUT2D eigenvalue weighted by Crippen LogP contribution is -2.50. The number of ether oxygens (including phenoxy) is 1. The zero-order chi connectivity index (χ0) is 31.9. The largest absolute Gasteiger partial charge is 0.394 e. The fourth-order valence-corrected chi connectivity index (χ4v) is 6.86. The number of likely N-dealkylation sites (tertiary alicyclic amines) is 1. The van der Waals surface area contributed by atoms with Gasteiger partial charge in [0.05, 0.1) is 25.3 Å². The van der Waals surface area contributed by atoms with Gasteiger partial charge in [0.15, 0.2) is 0 Å². The number of alkyl halides is 4. The first-order chi connectivity index (χ1) is 21.6. The van der Waals surface area contributed by atoms with Gasteiger partial charge in [-0.3, -0.25) is 19.4 Å². The number of nitrogens with one attached hydrogen (secondary N) is 3. The smallest absolute Gasteiger partial charge is 0.345 e. The molecule has 2 aliphatic rings. The maximum atomic E-state index is 15.5. The lowest BCUT2D eigenvalue weighted by molar-refractivity contribution is -0.160. The maximum absolute atomic E-state index is 15.5. The predicted octanol–water partition coefficient (Wildman–Crippen LogP) is 3.94. The van der Waals surface area contributed by atoms with E-state index in [0.717, 1.165) is 15.8 Å². The molecule has 1 fully saturated rings. The standard InChI is InChI=1S/C31H27F3IN5O5/c32-30(33)45-18-11-26(29(44)39-25(15-41)24-10-17-12-36-8-7-23(17)38-24)40(14-18)27(42)13-37-28(43)16-5-6-22-20(9-16)19-3-1-2-4-21(19)31(22,34)35/h1-10,12,18,25-26,30,38,41H,11,13-15H2,(H,37,43)(H,39,44)/t18-,25-,26+,31?/m1/s1. The van der Waals surface area contributed by atoms with Crippen LogP contribution in [0.3, 0.4) is 0 Å². The van der Waals surface area contributed by atoms with Gasteiger partial charge in [0.1, 0.15) is 6.04 Å². The third-order valence-corrected chi connectivity index (χ3v) is 9.24. The zero-order valence-corrected chi connectivity index (χ0v) is 25.6. The fraction of sp³-hybridized carbons (Fsp3) is 0.290. The van der Waals surface area contributed by atoms with Crippen molar-refractivity contribution >= 4 is 51.2 Å². The van der Waals surface area contributed by atoms with Crippen LogP contribution in [0.5, 0.6) is 0 Å². The SMILES string of the molecule is O=C(NCC(=O)N1C[C@H](OC(F)F)C[C@H]1C(=O)N[C@H](CO)c1cc2cnccc2[nH]1)c1ccc2c(c1)-c1ccccc1C2(F)I. The van der Waals surface area contributed by atoms with E-state index in [1.807, 2.05) is 0 Å². The average Bonchev–Trinajstić information content (AvgIpc) is 3.71. The van der Waals surface area contributed by atoms with Crippen molar-refractivity contribution in [2.45, 2.75) is 34.9 Å². The number of fused-ring (bicyclic) bond motifs is 4. The summed E-state index contributed by atoms with van der Waals surface area (Å²) in [5.74, 6) is -1.98. The van der Waals surface area contributed by atoms with Crippen LogP contribution < -0.4 is 10.6 Å². The molecule has 2 aromatic carbocycles. The van der Waals surface area contributed by atoms with Gasteiger partial charge in [-0.1, -0.05) is 30.3 Å². The number of rotatable bonds is 9. The van der Waals surface area contributed by atoms with Crippen molar-refractivity contribution in [2.75, 3.05) is 19.7 Å². The summed E-state index contributed by atoms with van der Waals surface area (Å²) in [6, 6.07) is 12.9. The number of amides is 3. The van der Waals surface area contributed by atoms with Crippen molar-refractivity contribution in [2.24, 2.45) is 0 Å². The van der Waals surface area contributed by atoms with Crippen molar-refractivity contribution in [1.82, 2.24) is 25.5 Å².